The zero-order chi connectivity index (χ0) is 9.10. The highest BCUT2D eigenvalue weighted by Gasteiger charge is 1.99. The first-order chi connectivity index (χ1) is 6.42. The zero-order valence-electron chi connectivity index (χ0n) is 7.47. The number of thioether (sulfide) groups is 1. The summed E-state index contributed by atoms with van der Waals surface area (Å²) >= 11 is 1.77. The highest BCUT2D eigenvalue weighted by Crippen LogP contribution is 2.23. The molecule has 0 fully saturated rings. The van der Waals surface area contributed by atoms with Gasteiger partial charge in [-0.1, -0.05) is 12.1 Å². The van der Waals surface area contributed by atoms with Crippen LogP contribution in [0.4, 0.5) is 0 Å². The molecule has 0 radical (unpaired) electrons. The lowest BCUT2D eigenvalue weighted by molar-refractivity contribution is 1.04. The summed E-state index contributed by atoms with van der Waals surface area (Å²) < 4.78 is 2.13. The van der Waals surface area contributed by atoms with E-state index < -0.39 is 0 Å². The minimum Gasteiger partial charge on any atom is -0.323 e. The van der Waals surface area contributed by atoms with Crippen LogP contribution in [-0.2, 0) is 0 Å². The fourth-order valence-corrected chi connectivity index (χ4v) is 1.94. The summed E-state index contributed by atoms with van der Waals surface area (Å²) in [7, 11) is 0. The van der Waals surface area contributed by atoms with E-state index in [1.54, 1.807) is 11.8 Å². The lowest BCUT2D eigenvalue weighted by atomic mass is 10.3. The van der Waals surface area contributed by atoms with Gasteiger partial charge >= 0.3 is 0 Å². The summed E-state index contributed by atoms with van der Waals surface area (Å²) in [5.74, 6) is 0. The summed E-state index contributed by atoms with van der Waals surface area (Å²) in [6.07, 6.45) is 6.23. The molecule has 0 atom stereocenters. The molecule has 0 saturated heterocycles. The maximum atomic E-state index is 2.14. The molecule has 1 aromatic carbocycles. The molecule has 2 heteroatoms. The predicted molar refractivity (Wildman–Crippen MR) is 57.6 cm³/mol. The van der Waals surface area contributed by atoms with E-state index in [1.165, 1.54) is 10.6 Å². The number of nitrogens with zero attached hydrogens (tertiary/aromatic N) is 1. The Kier molecular flexibility index (Phi) is 2.41. The molecule has 1 nitrogen and oxygen atoms in total. The van der Waals surface area contributed by atoms with Crippen LogP contribution < -0.4 is 0 Å². The van der Waals surface area contributed by atoms with Crippen molar-refractivity contribution < 1.29 is 0 Å². The van der Waals surface area contributed by atoms with E-state index in [0.717, 1.165) is 0 Å². The number of para-hydroxylation sites is 1. The van der Waals surface area contributed by atoms with Crippen molar-refractivity contribution in [1.29, 1.82) is 0 Å². The smallest absolute Gasteiger partial charge is 0.0585 e. The van der Waals surface area contributed by atoms with Crippen LogP contribution in [0.5, 0.6) is 0 Å². The lowest BCUT2D eigenvalue weighted by Crippen LogP contribution is -1.91. The van der Waals surface area contributed by atoms with E-state index in [2.05, 4.69) is 47.5 Å². The summed E-state index contributed by atoms with van der Waals surface area (Å²) in [4.78, 5) is 1.30. The topological polar surface area (TPSA) is 4.93 Å². The lowest BCUT2D eigenvalue weighted by Gasteiger charge is -2.07. The molecule has 0 N–H and O–H groups in total. The number of rotatable bonds is 2. The van der Waals surface area contributed by atoms with Crippen LogP contribution in [0.3, 0.4) is 0 Å². The zero-order valence-corrected chi connectivity index (χ0v) is 8.29. The maximum Gasteiger partial charge on any atom is 0.0585 e. The van der Waals surface area contributed by atoms with Crippen molar-refractivity contribution in [3.8, 4) is 5.69 Å². The fourth-order valence-electron chi connectivity index (χ4n) is 1.34. The highest BCUT2D eigenvalue weighted by molar-refractivity contribution is 7.98. The SMILES string of the molecule is CSc1ccccc1-n1cccc1. The molecule has 66 valence electrons. The third-order valence-corrected chi connectivity index (χ3v) is 2.75. The fraction of sp³-hybridized carbons (Fsp3) is 0.0909. The van der Waals surface area contributed by atoms with Gasteiger partial charge < -0.3 is 4.57 Å². The van der Waals surface area contributed by atoms with Crippen molar-refractivity contribution in [3.05, 3.63) is 48.8 Å². The minimum absolute atomic E-state index is 1.25. The predicted octanol–water partition coefficient (Wildman–Crippen LogP) is 3.20. The second kappa shape index (κ2) is 3.71. The van der Waals surface area contributed by atoms with E-state index in [0.29, 0.717) is 0 Å². The Labute approximate surface area is 82.4 Å². The van der Waals surface area contributed by atoms with Crippen LogP contribution in [0.25, 0.3) is 5.69 Å². The van der Waals surface area contributed by atoms with Crippen molar-refractivity contribution in [2.24, 2.45) is 0 Å². The monoisotopic (exact) mass is 189 g/mol. The van der Waals surface area contributed by atoms with Gasteiger partial charge in [-0.25, -0.2) is 0 Å². The molecule has 0 amide bonds. The van der Waals surface area contributed by atoms with Crippen molar-refractivity contribution in [3.63, 3.8) is 0 Å². The molecule has 0 spiro atoms. The molecule has 0 aliphatic carbocycles. The molecule has 0 unspecified atom stereocenters. The van der Waals surface area contributed by atoms with Gasteiger partial charge in [0.05, 0.1) is 5.69 Å². The van der Waals surface area contributed by atoms with Gasteiger partial charge in [0.15, 0.2) is 0 Å². The van der Waals surface area contributed by atoms with E-state index in [4.69, 9.17) is 0 Å². The van der Waals surface area contributed by atoms with Crippen LogP contribution >= 0.6 is 11.8 Å². The highest BCUT2D eigenvalue weighted by atomic mass is 32.2. The number of aromatic nitrogens is 1. The van der Waals surface area contributed by atoms with Crippen LogP contribution in [0, 0.1) is 0 Å². The molecule has 1 heterocycles. The van der Waals surface area contributed by atoms with Gasteiger partial charge in [-0.05, 0) is 30.5 Å². The Morgan fingerprint density at radius 1 is 1.00 bits per heavy atom. The Morgan fingerprint density at radius 3 is 2.38 bits per heavy atom. The second-order valence-electron chi connectivity index (χ2n) is 2.76. The third kappa shape index (κ3) is 1.63. The van der Waals surface area contributed by atoms with Gasteiger partial charge in [-0.15, -0.1) is 11.8 Å². The molecule has 2 aromatic rings. The quantitative estimate of drug-likeness (QED) is 0.657. The molecule has 13 heavy (non-hydrogen) atoms. The summed E-state index contributed by atoms with van der Waals surface area (Å²) in [6.45, 7) is 0. The van der Waals surface area contributed by atoms with Gasteiger partial charge in [0.2, 0.25) is 0 Å². The molecule has 2 rings (SSSR count). The first-order valence-electron chi connectivity index (χ1n) is 4.18. The van der Waals surface area contributed by atoms with Crippen LogP contribution in [0.2, 0.25) is 0 Å². The Hall–Kier alpha value is -1.15. The van der Waals surface area contributed by atoms with Crippen molar-refractivity contribution >= 4 is 11.8 Å². The average molecular weight is 189 g/mol. The summed E-state index contributed by atoms with van der Waals surface area (Å²) in [6, 6.07) is 12.5. The Morgan fingerprint density at radius 2 is 1.69 bits per heavy atom. The second-order valence-corrected chi connectivity index (χ2v) is 3.61. The molecule has 1 aromatic heterocycles. The van der Waals surface area contributed by atoms with E-state index in [-0.39, 0.29) is 0 Å². The molecular weight excluding hydrogens is 178 g/mol. The Bertz CT molecular complexity index is 379. The van der Waals surface area contributed by atoms with E-state index in [9.17, 15) is 0 Å². The van der Waals surface area contributed by atoms with Gasteiger partial charge in [0, 0.05) is 17.3 Å². The minimum atomic E-state index is 1.25. The van der Waals surface area contributed by atoms with E-state index in [1.807, 2.05) is 12.1 Å². The average Bonchev–Trinajstić information content (AvgIpc) is 2.70. The number of hydrogen-bond acceptors (Lipinski definition) is 1. The standard InChI is InChI=1S/C11H11NS/c1-13-11-7-3-2-6-10(11)12-8-4-5-9-12/h2-9H,1H3. The van der Waals surface area contributed by atoms with E-state index >= 15 is 0 Å². The van der Waals surface area contributed by atoms with Crippen LogP contribution in [0.15, 0.2) is 53.7 Å². The van der Waals surface area contributed by atoms with Crippen molar-refractivity contribution in [1.82, 2.24) is 4.57 Å². The van der Waals surface area contributed by atoms with Crippen molar-refractivity contribution in [2.75, 3.05) is 6.26 Å². The normalized spacial score (nSPS) is 10.2. The third-order valence-electron chi connectivity index (χ3n) is 1.97. The molecule has 0 aliphatic heterocycles. The molecule has 0 saturated carbocycles. The van der Waals surface area contributed by atoms with Gasteiger partial charge in [-0.2, -0.15) is 0 Å². The van der Waals surface area contributed by atoms with Gasteiger partial charge in [-0.3, -0.25) is 0 Å². The summed E-state index contributed by atoms with van der Waals surface area (Å²) in [5.41, 5.74) is 1.25. The molecular formula is C11H11NS. The first kappa shape index (κ1) is 8.45. The summed E-state index contributed by atoms with van der Waals surface area (Å²) in [5, 5.41) is 0. The number of benzene rings is 1. The largest absolute Gasteiger partial charge is 0.323 e. The molecule has 0 bridgehead atoms. The first-order valence-corrected chi connectivity index (χ1v) is 5.40. The van der Waals surface area contributed by atoms with Gasteiger partial charge in [0.1, 0.15) is 0 Å². The van der Waals surface area contributed by atoms with Crippen LogP contribution in [-0.4, -0.2) is 10.8 Å². The van der Waals surface area contributed by atoms with Crippen molar-refractivity contribution in [2.45, 2.75) is 4.90 Å². The number of hydrogen-bond donors (Lipinski definition) is 0. The molecule has 0 aliphatic rings. The van der Waals surface area contributed by atoms with Crippen LogP contribution in [0.1, 0.15) is 0 Å². The maximum absolute atomic E-state index is 2.14. The van der Waals surface area contributed by atoms with Gasteiger partial charge in [0.25, 0.3) is 0 Å². The Balaban J connectivity index is 2.51.